The van der Waals surface area contributed by atoms with Gasteiger partial charge >= 0.3 is 12.1 Å². The minimum Gasteiger partial charge on any atom is -0.478 e. The first-order valence-electron chi connectivity index (χ1n) is 10.5. The van der Waals surface area contributed by atoms with Gasteiger partial charge in [0.05, 0.1) is 13.2 Å². The fraction of sp³-hybridized carbons (Fsp3) is 0.773. The molecular weight excluding hydrogens is 376 g/mol. The Labute approximate surface area is 170 Å². The Morgan fingerprint density at radius 1 is 1.17 bits per heavy atom. The van der Waals surface area contributed by atoms with E-state index in [-0.39, 0.29) is 41.8 Å². The van der Waals surface area contributed by atoms with Gasteiger partial charge in [-0.2, -0.15) is 0 Å². The molecule has 0 saturated heterocycles. The van der Waals surface area contributed by atoms with Gasteiger partial charge in [-0.1, -0.05) is 19.4 Å². The highest BCUT2D eigenvalue weighted by molar-refractivity contribution is 5.91. The summed E-state index contributed by atoms with van der Waals surface area (Å²) >= 11 is 0. The third kappa shape index (κ3) is 2.62. The number of ether oxygens (including phenoxy) is 2. The van der Waals surface area contributed by atoms with Crippen molar-refractivity contribution in [2.75, 3.05) is 7.11 Å². The predicted molar refractivity (Wildman–Crippen MR) is 102 cm³/mol. The minimum absolute atomic E-state index is 0.0172. The molecule has 7 nitrogen and oxygen atoms in total. The van der Waals surface area contributed by atoms with Crippen LogP contribution in [0.25, 0.3) is 0 Å². The highest BCUT2D eigenvalue weighted by atomic mass is 16.7. The maximum atomic E-state index is 12.4. The number of hydrogen-bond donors (Lipinski definition) is 2. The summed E-state index contributed by atoms with van der Waals surface area (Å²) in [4.78, 5) is 36.2. The molecule has 0 heterocycles. The van der Waals surface area contributed by atoms with E-state index in [1.165, 1.54) is 7.11 Å². The largest absolute Gasteiger partial charge is 0.509 e. The van der Waals surface area contributed by atoms with E-state index in [2.05, 4.69) is 11.7 Å². The van der Waals surface area contributed by atoms with Gasteiger partial charge in [0.1, 0.15) is 0 Å². The molecule has 160 valence electrons. The number of rotatable bonds is 2. The average Bonchev–Trinajstić information content (AvgIpc) is 2.94. The number of methoxy groups -OCH3 is 1. The zero-order valence-electron chi connectivity index (χ0n) is 17.3. The van der Waals surface area contributed by atoms with Crippen LogP contribution < -0.4 is 0 Å². The molecule has 3 saturated carbocycles. The smallest absolute Gasteiger partial charge is 0.478 e. The summed E-state index contributed by atoms with van der Waals surface area (Å²) in [7, 11) is 1.17. The number of hydrogen-bond acceptors (Lipinski definition) is 6. The van der Waals surface area contributed by atoms with Crippen LogP contribution in [0.15, 0.2) is 11.6 Å². The van der Waals surface area contributed by atoms with Crippen LogP contribution in [0.5, 0.6) is 0 Å². The predicted octanol–water partition coefficient (Wildman–Crippen LogP) is 3.10. The fourth-order valence-electron chi connectivity index (χ4n) is 7.42. The van der Waals surface area contributed by atoms with Crippen LogP contribution in [0, 0.1) is 28.6 Å². The van der Waals surface area contributed by atoms with Crippen molar-refractivity contribution >= 4 is 17.9 Å². The topological polar surface area (TPSA) is 110 Å². The van der Waals surface area contributed by atoms with Crippen LogP contribution in [-0.4, -0.2) is 46.9 Å². The summed E-state index contributed by atoms with van der Waals surface area (Å²) in [6.07, 6.45) is 3.96. The number of carboxylic acid groups (broad SMARTS) is 1. The number of carboxylic acids is 1. The molecule has 0 aromatic heterocycles. The molecule has 29 heavy (non-hydrogen) atoms. The van der Waals surface area contributed by atoms with Crippen LogP contribution in [0.4, 0.5) is 4.79 Å². The normalized spacial score (nSPS) is 46.1. The molecule has 0 radical (unpaired) electrons. The molecule has 0 amide bonds. The highest BCUT2D eigenvalue weighted by Gasteiger charge is 2.71. The summed E-state index contributed by atoms with van der Waals surface area (Å²) < 4.78 is 10.0. The standard InChI is InChI=1S/C22H30O7/c1-20-8-6-13(23)10-12(20)4-5-14-15-7-9-22(18(25)26,29-19(27)28-3)21(15,2)11-16(24)17(14)20/h10,14-17,24H,4-9,11H2,1-3H3,(H,25,26)/t14?,15?,16?,17?,20-,21-,22-/m0/s1. The molecule has 7 heteroatoms. The first-order chi connectivity index (χ1) is 13.6. The third-order valence-electron chi connectivity index (χ3n) is 8.79. The van der Waals surface area contributed by atoms with Crippen molar-refractivity contribution in [3.63, 3.8) is 0 Å². The Kier molecular flexibility index (Phi) is 4.61. The molecule has 0 spiro atoms. The number of aliphatic carboxylic acids is 1. The Bertz CT molecular complexity index is 788. The number of ketones is 1. The lowest BCUT2D eigenvalue weighted by Crippen LogP contribution is -2.62. The van der Waals surface area contributed by atoms with Gasteiger partial charge in [-0.05, 0) is 67.8 Å². The van der Waals surface area contributed by atoms with E-state index >= 15 is 0 Å². The van der Waals surface area contributed by atoms with Crippen molar-refractivity contribution in [2.24, 2.45) is 28.6 Å². The van der Waals surface area contributed by atoms with E-state index in [0.29, 0.717) is 12.8 Å². The summed E-state index contributed by atoms with van der Waals surface area (Å²) in [5.41, 5.74) is -1.69. The SMILES string of the molecule is COC(=O)O[C@]1(C(=O)O)CCC2C3CCC4=CC(=O)CC[C@]4(C)C3C(O)C[C@@]21C. The second-order valence-corrected chi connectivity index (χ2v) is 9.80. The number of fused-ring (bicyclic) bond motifs is 5. The lowest BCUT2D eigenvalue weighted by molar-refractivity contribution is -0.198. The zero-order chi connectivity index (χ0) is 21.2. The van der Waals surface area contributed by atoms with Crippen molar-refractivity contribution in [1.82, 2.24) is 0 Å². The zero-order valence-corrected chi connectivity index (χ0v) is 17.3. The number of allylic oxidation sites excluding steroid dienone is 1. The number of aliphatic hydroxyl groups excluding tert-OH is 1. The van der Waals surface area contributed by atoms with Gasteiger partial charge in [0.25, 0.3) is 0 Å². The molecule has 7 atom stereocenters. The Hall–Kier alpha value is -1.89. The van der Waals surface area contributed by atoms with E-state index in [0.717, 1.165) is 24.8 Å². The van der Waals surface area contributed by atoms with Crippen molar-refractivity contribution in [3.05, 3.63) is 11.6 Å². The lowest BCUT2D eigenvalue weighted by atomic mass is 9.45. The maximum absolute atomic E-state index is 12.4. The molecule has 4 unspecified atom stereocenters. The first-order valence-corrected chi connectivity index (χ1v) is 10.5. The summed E-state index contributed by atoms with van der Waals surface area (Å²) in [5, 5.41) is 21.4. The maximum Gasteiger partial charge on any atom is 0.509 e. The second-order valence-electron chi connectivity index (χ2n) is 9.80. The van der Waals surface area contributed by atoms with Crippen molar-refractivity contribution in [2.45, 2.75) is 70.5 Å². The molecule has 0 aromatic rings. The van der Waals surface area contributed by atoms with Crippen molar-refractivity contribution in [3.8, 4) is 0 Å². The van der Waals surface area contributed by atoms with E-state index < -0.39 is 29.2 Å². The molecule has 3 fully saturated rings. The molecular formula is C22H30O7. The van der Waals surface area contributed by atoms with Gasteiger partial charge in [0.15, 0.2) is 5.78 Å². The van der Waals surface area contributed by atoms with Gasteiger partial charge in [-0.15, -0.1) is 0 Å². The van der Waals surface area contributed by atoms with E-state index in [1.54, 1.807) is 6.08 Å². The van der Waals surface area contributed by atoms with Crippen molar-refractivity contribution < 1.29 is 34.1 Å². The quantitative estimate of drug-likeness (QED) is 0.678. The van der Waals surface area contributed by atoms with Gasteiger partial charge in [0.2, 0.25) is 5.60 Å². The summed E-state index contributed by atoms with van der Waals surface area (Å²) in [6.45, 7) is 4.00. The van der Waals surface area contributed by atoms with E-state index in [1.807, 2.05) is 6.92 Å². The molecule has 4 rings (SSSR count). The number of carbonyl (C=O) groups excluding carboxylic acids is 2. The van der Waals surface area contributed by atoms with Crippen LogP contribution >= 0.6 is 0 Å². The van der Waals surface area contributed by atoms with Crippen LogP contribution in [0.2, 0.25) is 0 Å². The van der Waals surface area contributed by atoms with Crippen LogP contribution in [-0.2, 0) is 19.1 Å². The third-order valence-corrected chi connectivity index (χ3v) is 8.79. The summed E-state index contributed by atoms with van der Waals surface area (Å²) in [6, 6.07) is 0. The van der Waals surface area contributed by atoms with Gasteiger partial charge in [-0.25, -0.2) is 9.59 Å². The monoisotopic (exact) mass is 406 g/mol. The lowest BCUT2D eigenvalue weighted by Gasteiger charge is -2.60. The van der Waals surface area contributed by atoms with Crippen LogP contribution in [0.1, 0.15) is 58.8 Å². The Morgan fingerprint density at radius 3 is 2.55 bits per heavy atom. The van der Waals surface area contributed by atoms with Crippen LogP contribution in [0.3, 0.4) is 0 Å². The average molecular weight is 406 g/mol. The Balaban J connectivity index is 1.74. The fourth-order valence-corrected chi connectivity index (χ4v) is 7.42. The van der Waals surface area contributed by atoms with Gasteiger partial charge in [-0.3, -0.25) is 4.79 Å². The number of carbonyl (C=O) groups is 3. The molecule has 4 aliphatic carbocycles. The molecule has 0 aliphatic heterocycles. The highest BCUT2D eigenvalue weighted by Crippen LogP contribution is 2.68. The van der Waals surface area contributed by atoms with Crippen molar-refractivity contribution in [1.29, 1.82) is 0 Å². The molecule has 2 N–H and O–H groups in total. The molecule has 0 bridgehead atoms. The molecule has 4 aliphatic rings. The minimum atomic E-state index is -1.70. The number of aliphatic hydroxyl groups is 1. The van der Waals surface area contributed by atoms with E-state index in [9.17, 15) is 24.6 Å². The molecule has 0 aromatic carbocycles. The first kappa shape index (κ1) is 20.4. The van der Waals surface area contributed by atoms with Gasteiger partial charge in [0, 0.05) is 11.8 Å². The van der Waals surface area contributed by atoms with Gasteiger partial charge < -0.3 is 19.7 Å². The second kappa shape index (κ2) is 6.56. The Morgan fingerprint density at radius 2 is 1.90 bits per heavy atom. The van der Waals surface area contributed by atoms with E-state index in [4.69, 9.17) is 4.74 Å². The summed E-state index contributed by atoms with van der Waals surface area (Å²) in [5.74, 6) is -0.890.